The van der Waals surface area contributed by atoms with Gasteiger partial charge in [0.05, 0.1) is 17.8 Å². The van der Waals surface area contributed by atoms with Crippen molar-refractivity contribution >= 4 is 28.4 Å². The molecule has 3 rings (SSSR count). The van der Waals surface area contributed by atoms with Crippen LogP contribution in [0.4, 0.5) is 5.69 Å². The fourth-order valence-electron chi connectivity index (χ4n) is 2.65. The number of para-hydroxylation sites is 1. The summed E-state index contributed by atoms with van der Waals surface area (Å²) in [5.41, 5.74) is 6.85. The lowest BCUT2D eigenvalue weighted by molar-refractivity contribution is -0.132. The van der Waals surface area contributed by atoms with Crippen LogP contribution >= 0.6 is 0 Å². The molecule has 1 aliphatic carbocycles. The summed E-state index contributed by atoms with van der Waals surface area (Å²) in [5, 5.41) is 13.0. The smallest absolute Gasteiger partial charge is 0.240 e. The van der Waals surface area contributed by atoms with Crippen molar-refractivity contribution in [3.8, 4) is 0 Å². The zero-order valence-electron chi connectivity index (χ0n) is 12.2. The van der Waals surface area contributed by atoms with E-state index in [1.165, 1.54) is 0 Å². The number of aromatic nitrogens is 1. The highest BCUT2D eigenvalue weighted by Gasteiger charge is 2.55. The van der Waals surface area contributed by atoms with Gasteiger partial charge >= 0.3 is 0 Å². The SMILES string of the molecule is Cc1cc(CO)c2cccc(NC(=O)C3(C(N)=O)CC3)c2n1. The van der Waals surface area contributed by atoms with Gasteiger partial charge in [0, 0.05) is 11.1 Å². The monoisotopic (exact) mass is 299 g/mol. The summed E-state index contributed by atoms with van der Waals surface area (Å²) in [4.78, 5) is 28.2. The molecule has 1 fully saturated rings. The summed E-state index contributed by atoms with van der Waals surface area (Å²) in [7, 11) is 0. The number of carbonyl (C=O) groups excluding carboxylic acids is 2. The molecule has 4 N–H and O–H groups in total. The van der Waals surface area contributed by atoms with E-state index >= 15 is 0 Å². The number of nitrogens with two attached hydrogens (primary N) is 1. The molecule has 1 aromatic heterocycles. The van der Waals surface area contributed by atoms with Crippen LogP contribution in [0.2, 0.25) is 0 Å². The first kappa shape index (κ1) is 14.5. The highest BCUT2D eigenvalue weighted by molar-refractivity contribution is 6.14. The Kier molecular flexibility index (Phi) is 3.33. The quantitative estimate of drug-likeness (QED) is 0.738. The summed E-state index contributed by atoms with van der Waals surface area (Å²) in [6, 6.07) is 7.15. The predicted molar refractivity (Wildman–Crippen MR) is 81.9 cm³/mol. The average molecular weight is 299 g/mol. The maximum atomic E-state index is 12.3. The molecule has 114 valence electrons. The lowest BCUT2D eigenvalue weighted by atomic mass is 10.0. The normalized spacial score (nSPS) is 15.5. The lowest BCUT2D eigenvalue weighted by Crippen LogP contribution is -2.36. The molecule has 1 aliphatic rings. The maximum absolute atomic E-state index is 12.3. The molecule has 0 spiro atoms. The van der Waals surface area contributed by atoms with Gasteiger partial charge in [-0.25, -0.2) is 0 Å². The summed E-state index contributed by atoms with van der Waals surface area (Å²) in [5.74, 6) is -0.980. The number of fused-ring (bicyclic) bond motifs is 1. The second-order valence-electron chi connectivity index (χ2n) is 5.68. The molecule has 6 heteroatoms. The van der Waals surface area contributed by atoms with E-state index in [0.717, 1.165) is 16.6 Å². The number of benzene rings is 1. The molecule has 2 amide bonds. The number of aliphatic hydroxyl groups excluding tert-OH is 1. The molecule has 0 aliphatic heterocycles. The molecule has 0 unspecified atom stereocenters. The Balaban J connectivity index is 2.03. The van der Waals surface area contributed by atoms with E-state index in [1.54, 1.807) is 18.2 Å². The second-order valence-corrected chi connectivity index (χ2v) is 5.68. The van der Waals surface area contributed by atoms with Crippen LogP contribution in [0.25, 0.3) is 10.9 Å². The summed E-state index contributed by atoms with van der Waals surface area (Å²) in [6.07, 6.45) is 0.959. The molecule has 2 aromatic rings. The van der Waals surface area contributed by atoms with E-state index in [-0.39, 0.29) is 12.5 Å². The third-order valence-corrected chi connectivity index (χ3v) is 4.13. The van der Waals surface area contributed by atoms with Gasteiger partial charge in [0.25, 0.3) is 0 Å². The van der Waals surface area contributed by atoms with E-state index in [4.69, 9.17) is 5.73 Å². The van der Waals surface area contributed by atoms with Gasteiger partial charge in [0.2, 0.25) is 11.8 Å². The third-order valence-electron chi connectivity index (χ3n) is 4.13. The number of amides is 2. The minimum absolute atomic E-state index is 0.109. The molecule has 22 heavy (non-hydrogen) atoms. The van der Waals surface area contributed by atoms with Gasteiger partial charge in [-0.15, -0.1) is 0 Å². The van der Waals surface area contributed by atoms with Gasteiger partial charge < -0.3 is 16.2 Å². The number of hydrogen-bond donors (Lipinski definition) is 3. The minimum atomic E-state index is -1.08. The first-order valence-corrected chi connectivity index (χ1v) is 7.09. The molecule has 6 nitrogen and oxygen atoms in total. The molecule has 1 saturated carbocycles. The van der Waals surface area contributed by atoms with E-state index in [1.807, 2.05) is 13.0 Å². The first-order valence-electron chi connectivity index (χ1n) is 7.09. The van der Waals surface area contributed by atoms with Crippen molar-refractivity contribution in [3.05, 3.63) is 35.5 Å². The third kappa shape index (κ3) is 2.21. The molecular formula is C16H17N3O3. The van der Waals surface area contributed by atoms with Gasteiger partial charge in [-0.05, 0) is 37.5 Å². The fourth-order valence-corrected chi connectivity index (χ4v) is 2.65. The molecule has 1 aromatic carbocycles. The second kappa shape index (κ2) is 5.06. The van der Waals surface area contributed by atoms with Crippen LogP contribution in [0.3, 0.4) is 0 Å². The summed E-state index contributed by atoms with van der Waals surface area (Å²) < 4.78 is 0. The number of nitrogens with zero attached hydrogens (tertiary/aromatic N) is 1. The number of rotatable bonds is 4. The topological polar surface area (TPSA) is 105 Å². The highest BCUT2D eigenvalue weighted by Crippen LogP contribution is 2.46. The van der Waals surface area contributed by atoms with Crippen LogP contribution in [0.5, 0.6) is 0 Å². The minimum Gasteiger partial charge on any atom is -0.392 e. The molecular weight excluding hydrogens is 282 g/mol. The van der Waals surface area contributed by atoms with Gasteiger partial charge in [0.1, 0.15) is 5.41 Å². The molecule has 0 atom stereocenters. The number of aliphatic hydroxyl groups is 1. The summed E-state index contributed by atoms with van der Waals surface area (Å²) >= 11 is 0. The highest BCUT2D eigenvalue weighted by atomic mass is 16.3. The predicted octanol–water partition coefficient (Wildman–Crippen LogP) is 1.24. The number of pyridine rings is 1. The Morgan fingerprint density at radius 3 is 2.73 bits per heavy atom. The van der Waals surface area contributed by atoms with Crippen LogP contribution < -0.4 is 11.1 Å². The van der Waals surface area contributed by atoms with Crippen LogP contribution in [0.1, 0.15) is 24.1 Å². The van der Waals surface area contributed by atoms with Gasteiger partial charge in [-0.1, -0.05) is 12.1 Å². The maximum Gasteiger partial charge on any atom is 0.240 e. The van der Waals surface area contributed by atoms with Crippen LogP contribution in [-0.2, 0) is 16.2 Å². The van der Waals surface area contributed by atoms with Crippen LogP contribution in [-0.4, -0.2) is 21.9 Å². The van der Waals surface area contributed by atoms with Crippen LogP contribution in [0.15, 0.2) is 24.3 Å². The molecule has 0 saturated heterocycles. The fraction of sp³-hybridized carbons (Fsp3) is 0.312. The standard InChI is InChI=1S/C16H17N3O3/c1-9-7-10(8-20)11-3-2-4-12(13(11)18-9)19-15(22)16(5-6-16)14(17)21/h2-4,7,20H,5-6,8H2,1H3,(H2,17,21)(H,19,22). The van der Waals surface area contributed by atoms with Crippen molar-refractivity contribution < 1.29 is 14.7 Å². The molecule has 0 radical (unpaired) electrons. The number of nitrogens with one attached hydrogen (secondary N) is 1. The van der Waals surface area contributed by atoms with Crippen LogP contribution in [0, 0.1) is 12.3 Å². The zero-order chi connectivity index (χ0) is 15.9. The van der Waals surface area contributed by atoms with Gasteiger partial charge in [0.15, 0.2) is 0 Å². The summed E-state index contributed by atoms with van der Waals surface area (Å²) in [6.45, 7) is 1.71. The Morgan fingerprint density at radius 2 is 2.14 bits per heavy atom. The van der Waals surface area contributed by atoms with Gasteiger partial charge in [-0.3, -0.25) is 14.6 Å². The Morgan fingerprint density at radius 1 is 1.41 bits per heavy atom. The van der Waals surface area contributed by atoms with Crippen molar-refractivity contribution in [1.29, 1.82) is 0 Å². The number of primary amides is 1. The van der Waals surface area contributed by atoms with Crippen molar-refractivity contribution in [3.63, 3.8) is 0 Å². The van der Waals surface area contributed by atoms with E-state index in [0.29, 0.717) is 24.0 Å². The van der Waals surface area contributed by atoms with E-state index in [2.05, 4.69) is 10.3 Å². The van der Waals surface area contributed by atoms with Crippen molar-refractivity contribution in [1.82, 2.24) is 4.98 Å². The van der Waals surface area contributed by atoms with E-state index < -0.39 is 11.3 Å². The average Bonchev–Trinajstić information content (AvgIpc) is 3.28. The van der Waals surface area contributed by atoms with Crippen molar-refractivity contribution in [2.24, 2.45) is 11.1 Å². The first-order chi connectivity index (χ1) is 10.5. The largest absolute Gasteiger partial charge is 0.392 e. The van der Waals surface area contributed by atoms with Gasteiger partial charge in [-0.2, -0.15) is 0 Å². The van der Waals surface area contributed by atoms with Crippen molar-refractivity contribution in [2.75, 3.05) is 5.32 Å². The zero-order valence-corrected chi connectivity index (χ0v) is 12.2. The number of hydrogen-bond acceptors (Lipinski definition) is 4. The number of carbonyl (C=O) groups is 2. The lowest BCUT2D eigenvalue weighted by Gasteiger charge is -2.14. The molecule has 1 heterocycles. The Bertz CT molecular complexity index is 782. The Hall–Kier alpha value is -2.47. The number of anilines is 1. The van der Waals surface area contributed by atoms with Crippen molar-refractivity contribution in [2.45, 2.75) is 26.4 Å². The number of aryl methyl sites for hydroxylation is 1. The Labute approximate surface area is 127 Å². The molecule has 0 bridgehead atoms. The van der Waals surface area contributed by atoms with E-state index in [9.17, 15) is 14.7 Å².